The van der Waals surface area contributed by atoms with Gasteiger partial charge in [0.15, 0.2) is 5.56 Å². The molecule has 3 N–H and O–H groups in total. The summed E-state index contributed by atoms with van der Waals surface area (Å²) in [6, 6.07) is 0. The minimum Gasteiger partial charge on any atom is -0.506 e. The molecule has 1 aliphatic carbocycles. The number of rotatable bonds is 1. The van der Waals surface area contributed by atoms with E-state index >= 15 is 0 Å². The summed E-state index contributed by atoms with van der Waals surface area (Å²) in [6.45, 7) is 1.90. The number of nitrogens with one attached hydrogen (secondary N) is 1. The molecular weight excluding hydrogens is 274 g/mol. The van der Waals surface area contributed by atoms with Crippen LogP contribution in [-0.2, 0) is 13.5 Å². The van der Waals surface area contributed by atoms with Gasteiger partial charge in [-0.2, -0.15) is 5.10 Å². The van der Waals surface area contributed by atoms with Crippen LogP contribution in [0.1, 0.15) is 40.9 Å². The average Bonchev–Trinajstić information content (AvgIpc) is 2.68. The SMILES string of the molecule is CC1CCc2c(cnn2C)-c2[nH]c(=O)c(C(=O)O)c(O)c21. The number of hydrogen-bond donors (Lipinski definition) is 3. The predicted octanol–water partition coefficient (Wildman–Crippen LogP) is 1.23. The molecule has 1 aliphatic rings. The summed E-state index contributed by atoms with van der Waals surface area (Å²) >= 11 is 0. The summed E-state index contributed by atoms with van der Waals surface area (Å²) in [4.78, 5) is 25.7. The zero-order valence-electron chi connectivity index (χ0n) is 11.7. The Balaban J connectivity index is 2.40. The highest BCUT2D eigenvalue weighted by Gasteiger charge is 2.30. The molecule has 2 heterocycles. The Bertz CT molecular complexity index is 803. The number of carboxylic acids is 1. The lowest BCUT2D eigenvalue weighted by Gasteiger charge is -2.15. The number of H-pyrrole nitrogens is 1. The fourth-order valence-corrected chi connectivity index (χ4v) is 2.96. The van der Waals surface area contributed by atoms with Crippen LogP contribution in [-0.4, -0.2) is 30.9 Å². The maximum absolute atomic E-state index is 12.0. The van der Waals surface area contributed by atoms with Gasteiger partial charge < -0.3 is 15.2 Å². The molecule has 0 spiro atoms. The second-order valence-electron chi connectivity index (χ2n) is 5.34. The van der Waals surface area contributed by atoms with Crippen molar-refractivity contribution in [2.75, 3.05) is 0 Å². The Kier molecular flexibility index (Phi) is 2.86. The lowest BCUT2D eigenvalue weighted by molar-refractivity contribution is 0.0691. The fraction of sp³-hybridized carbons (Fsp3) is 0.357. The number of aromatic amines is 1. The minimum absolute atomic E-state index is 0.0673. The third kappa shape index (κ3) is 1.84. The summed E-state index contributed by atoms with van der Waals surface area (Å²) in [5, 5.41) is 23.6. The quantitative estimate of drug-likeness (QED) is 0.731. The number of aryl methyl sites for hydroxylation is 1. The molecule has 110 valence electrons. The van der Waals surface area contributed by atoms with Crippen LogP contribution in [0.15, 0.2) is 11.0 Å². The van der Waals surface area contributed by atoms with Gasteiger partial charge in [0.25, 0.3) is 5.56 Å². The molecule has 7 heteroatoms. The van der Waals surface area contributed by atoms with Crippen LogP contribution in [0, 0.1) is 0 Å². The van der Waals surface area contributed by atoms with Gasteiger partial charge in [-0.25, -0.2) is 4.79 Å². The van der Waals surface area contributed by atoms with E-state index < -0.39 is 22.8 Å². The molecule has 0 aromatic carbocycles. The highest BCUT2D eigenvalue weighted by molar-refractivity contribution is 5.92. The fourth-order valence-electron chi connectivity index (χ4n) is 2.96. The molecule has 0 aliphatic heterocycles. The maximum Gasteiger partial charge on any atom is 0.345 e. The second kappa shape index (κ2) is 4.47. The van der Waals surface area contributed by atoms with Crippen LogP contribution in [0.2, 0.25) is 0 Å². The Labute approximate surface area is 119 Å². The van der Waals surface area contributed by atoms with Crippen molar-refractivity contribution in [1.29, 1.82) is 0 Å². The van der Waals surface area contributed by atoms with Gasteiger partial charge in [0, 0.05) is 23.9 Å². The number of aromatic nitrogens is 3. The van der Waals surface area contributed by atoms with Crippen molar-refractivity contribution in [1.82, 2.24) is 14.8 Å². The number of aromatic carboxylic acids is 1. The van der Waals surface area contributed by atoms with Crippen LogP contribution in [0.25, 0.3) is 11.3 Å². The Morgan fingerprint density at radius 1 is 1.52 bits per heavy atom. The van der Waals surface area contributed by atoms with Gasteiger partial charge in [0.05, 0.1) is 11.9 Å². The number of pyridine rings is 1. The standard InChI is InChI=1S/C14H15N3O4/c1-6-3-4-8-7(5-15-17(8)2)11-9(6)12(18)10(14(20)21)13(19)16-11/h5-6H,3-4H2,1-2H3,(H,20,21)(H2,16,18,19). The van der Waals surface area contributed by atoms with E-state index in [1.165, 1.54) is 0 Å². The number of aromatic hydroxyl groups is 1. The Hall–Kier alpha value is -2.57. The van der Waals surface area contributed by atoms with Gasteiger partial charge in [-0.05, 0) is 18.8 Å². The molecule has 2 aromatic rings. The van der Waals surface area contributed by atoms with E-state index in [0.29, 0.717) is 11.3 Å². The Morgan fingerprint density at radius 2 is 2.24 bits per heavy atom. The van der Waals surface area contributed by atoms with E-state index in [9.17, 15) is 14.7 Å². The predicted molar refractivity (Wildman–Crippen MR) is 74.6 cm³/mol. The summed E-state index contributed by atoms with van der Waals surface area (Å²) < 4.78 is 1.73. The summed E-state index contributed by atoms with van der Waals surface area (Å²) in [7, 11) is 1.82. The summed E-state index contributed by atoms with van der Waals surface area (Å²) in [5.74, 6) is -1.94. The summed E-state index contributed by atoms with van der Waals surface area (Å²) in [5.41, 5.74) is 1.23. The van der Waals surface area contributed by atoms with Gasteiger partial charge in [-0.3, -0.25) is 9.48 Å². The van der Waals surface area contributed by atoms with Crippen molar-refractivity contribution in [3.63, 3.8) is 0 Å². The molecule has 0 bridgehead atoms. The molecule has 0 saturated carbocycles. The molecular formula is C14H15N3O4. The molecule has 0 amide bonds. The molecule has 21 heavy (non-hydrogen) atoms. The molecule has 2 aromatic heterocycles. The van der Waals surface area contributed by atoms with E-state index in [4.69, 9.17) is 5.11 Å². The number of hydrogen-bond acceptors (Lipinski definition) is 4. The van der Waals surface area contributed by atoms with Crippen molar-refractivity contribution in [2.45, 2.75) is 25.7 Å². The second-order valence-corrected chi connectivity index (χ2v) is 5.34. The van der Waals surface area contributed by atoms with Crippen molar-refractivity contribution < 1.29 is 15.0 Å². The maximum atomic E-state index is 12.0. The van der Waals surface area contributed by atoms with Crippen LogP contribution >= 0.6 is 0 Å². The molecule has 1 unspecified atom stereocenters. The Morgan fingerprint density at radius 3 is 2.90 bits per heavy atom. The molecule has 0 radical (unpaired) electrons. The van der Waals surface area contributed by atoms with E-state index in [1.54, 1.807) is 10.9 Å². The first-order valence-corrected chi connectivity index (χ1v) is 6.65. The first-order chi connectivity index (χ1) is 9.91. The van der Waals surface area contributed by atoms with Crippen molar-refractivity contribution in [3.8, 4) is 17.0 Å². The molecule has 0 saturated heterocycles. The van der Waals surface area contributed by atoms with Crippen LogP contribution in [0.4, 0.5) is 0 Å². The van der Waals surface area contributed by atoms with Crippen LogP contribution in [0.3, 0.4) is 0 Å². The highest BCUT2D eigenvalue weighted by Crippen LogP contribution is 2.41. The van der Waals surface area contributed by atoms with Gasteiger partial charge in [-0.15, -0.1) is 0 Å². The van der Waals surface area contributed by atoms with Gasteiger partial charge >= 0.3 is 5.97 Å². The van der Waals surface area contributed by atoms with Crippen molar-refractivity contribution in [2.24, 2.45) is 7.05 Å². The molecule has 7 nitrogen and oxygen atoms in total. The topological polar surface area (TPSA) is 108 Å². The van der Waals surface area contributed by atoms with Gasteiger partial charge in [0.2, 0.25) is 0 Å². The lowest BCUT2D eigenvalue weighted by Crippen LogP contribution is -2.20. The van der Waals surface area contributed by atoms with Gasteiger partial charge in [0.1, 0.15) is 5.75 Å². The number of carboxylic acid groups (broad SMARTS) is 1. The van der Waals surface area contributed by atoms with Gasteiger partial charge in [-0.1, -0.05) is 6.92 Å². The first-order valence-electron chi connectivity index (χ1n) is 6.65. The third-order valence-corrected chi connectivity index (χ3v) is 4.08. The zero-order chi connectivity index (χ0) is 15.3. The van der Waals surface area contributed by atoms with E-state index in [1.807, 2.05) is 14.0 Å². The lowest BCUT2D eigenvalue weighted by atomic mass is 9.94. The monoisotopic (exact) mass is 289 g/mol. The molecule has 3 rings (SSSR count). The molecule has 0 fully saturated rings. The summed E-state index contributed by atoms with van der Waals surface area (Å²) in [6.07, 6.45) is 3.10. The minimum atomic E-state index is -1.43. The average molecular weight is 289 g/mol. The van der Waals surface area contributed by atoms with E-state index in [-0.39, 0.29) is 5.92 Å². The third-order valence-electron chi connectivity index (χ3n) is 4.08. The zero-order valence-corrected chi connectivity index (χ0v) is 11.7. The normalized spacial score (nSPS) is 17.0. The smallest absolute Gasteiger partial charge is 0.345 e. The highest BCUT2D eigenvalue weighted by atomic mass is 16.4. The van der Waals surface area contributed by atoms with Crippen molar-refractivity contribution >= 4 is 5.97 Å². The number of carbonyl (C=O) groups is 1. The largest absolute Gasteiger partial charge is 0.506 e. The number of nitrogens with zero attached hydrogens (tertiary/aromatic N) is 2. The number of fused-ring (bicyclic) bond motifs is 3. The van der Waals surface area contributed by atoms with Crippen LogP contribution < -0.4 is 5.56 Å². The van der Waals surface area contributed by atoms with Crippen LogP contribution in [0.5, 0.6) is 5.75 Å². The van der Waals surface area contributed by atoms with E-state index in [2.05, 4.69) is 10.1 Å². The van der Waals surface area contributed by atoms with Crippen molar-refractivity contribution in [3.05, 3.63) is 33.4 Å². The molecule has 1 atom stereocenters. The first kappa shape index (κ1) is 13.4. The van der Waals surface area contributed by atoms with E-state index in [0.717, 1.165) is 24.1 Å².